The summed E-state index contributed by atoms with van der Waals surface area (Å²) in [6.45, 7) is 23.7. The van der Waals surface area contributed by atoms with E-state index in [1.165, 1.54) is 5.57 Å². The summed E-state index contributed by atoms with van der Waals surface area (Å²) in [4.78, 5) is 34.5. The summed E-state index contributed by atoms with van der Waals surface area (Å²) < 4.78 is 37.3. The summed E-state index contributed by atoms with van der Waals surface area (Å²) in [5, 5.41) is 8.82. The SMILES string of the molecule is C=Cc1ccc(O)cc1.C=Cc1ccc(OC(=O)Cl)cc1.C=Cc1ccc(OC(=O)OC(C)(C)C2CC=C(C)CC2)cc1.CC(C)(OC(=O)Oc1ccc(C2CO2)cc1)C1CCC2(C)OC2C1. The van der Waals surface area contributed by atoms with Crippen LogP contribution in [0.2, 0.25) is 0 Å². The standard InChI is InChI=1S/C19H24O5.C19H24O3.C9H7ClO2.C8H8O/c1-18(2,13-8-9-19(3)16(10-13)23-19)24-17(20)22-14-6-4-12(5-7-14)15-11-21-15;1-5-15-8-12-17(13-9-15)21-18(20)22-19(3,4)16-10-6-14(2)7-11-16;1-2-7-3-5-8(6-4-7)12-9(10)11;1-2-7-3-5-8(9)6-4-7/h4-7,13,15-16H,8-11H2,1-3H3;5-6,8-9,12-13,16H,1,7,10-11H2,2-4H3;2-6H,1H2;2-6,9H,1H2. The molecule has 0 spiro atoms. The number of ether oxygens (including phenoxy) is 7. The molecule has 2 heterocycles. The second-order valence-corrected chi connectivity index (χ2v) is 18.4. The fraction of sp³-hybridized carbons (Fsp3) is 0.364. The Hall–Kier alpha value is -6.14. The predicted molar refractivity (Wildman–Crippen MR) is 262 cm³/mol. The largest absolute Gasteiger partial charge is 0.514 e. The van der Waals surface area contributed by atoms with Crippen LogP contribution in [0.5, 0.6) is 23.0 Å². The third kappa shape index (κ3) is 16.6. The van der Waals surface area contributed by atoms with E-state index in [1.807, 2.05) is 64.1 Å². The average Bonchev–Trinajstić information content (AvgIpc) is 4.24. The van der Waals surface area contributed by atoms with Gasteiger partial charge in [0.05, 0.1) is 18.3 Å². The minimum atomic E-state index is -0.832. The molecule has 8 rings (SSSR count). The number of phenolic OH excluding ortho intramolecular Hbond substituents is 1. The maximum absolute atomic E-state index is 12.2. The highest BCUT2D eigenvalue weighted by atomic mass is 35.5. The number of fused-ring (bicyclic) bond motifs is 1. The van der Waals surface area contributed by atoms with Crippen molar-refractivity contribution in [2.45, 2.75) is 109 Å². The fourth-order valence-corrected chi connectivity index (χ4v) is 7.83. The fourth-order valence-electron chi connectivity index (χ4n) is 7.74. The van der Waals surface area contributed by atoms with Gasteiger partial charge in [0, 0.05) is 23.4 Å². The summed E-state index contributed by atoms with van der Waals surface area (Å²) in [6, 6.07) is 28.3. The molecule has 1 saturated carbocycles. The number of hydrogen-bond donors (Lipinski definition) is 1. The van der Waals surface area contributed by atoms with E-state index in [4.69, 9.17) is 45.1 Å². The van der Waals surface area contributed by atoms with Crippen LogP contribution in [-0.2, 0) is 18.9 Å². The molecule has 0 radical (unpaired) electrons. The molecular formula is C55H63ClO11. The number of allylic oxidation sites excluding steroid dienone is 2. The van der Waals surface area contributed by atoms with Gasteiger partial charge in [-0.2, -0.15) is 0 Å². The minimum Gasteiger partial charge on any atom is -0.508 e. The first-order valence-electron chi connectivity index (χ1n) is 22.4. The highest BCUT2D eigenvalue weighted by Gasteiger charge is 2.57. The van der Waals surface area contributed by atoms with Crippen LogP contribution in [0.4, 0.5) is 14.4 Å². The van der Waals surface area contributed by atoms with E-state index in [2.05, 4.69) is 44.4 Å². The van der Waals surface area contributed by atoms with Gasteiger partial charge in [0.2, 0.25) is 0 Å². The molecule has 12 heteroatoms. The van der Waals surface area contributed by atoms with Crippen molar-refractivity contribution in [1.29, 1.82) is 0 Å². The van der Waals surface area contributed by atoms with Gasteiger partial charge in [0.1, 0.15) is 40.3 Å². The van der Waals surface area contributed by atoms with Crippen molar-refractivity contribution in [3.05, 3.63) is 151 Å². The molecular weight excluding hydrogens is 872 g/mol. The number of benzene rings is 4. The zero-order valence-electron chi connectivity index (χ0n) is 39.3. The Kier molecular flexibility index (Phi) is 18.2. The molecule has 1 N–H and O–H groups in total. The molecule has 5 atom stereocenters. The first-order chi connectivity index (χ1) is 31.8. The molecule has 2 aliphatic carbocycles. The van der Waals surface area contributed by atoms with Crippen molar-refractivity contribution in [2.75, 3.05) is 6.61 Å². The van der Waals surface area contributed by atoms with Crippen LogP contribution < -0.4 is 14.2 Å². The smallest absolute Gasteiger partial charge is 0.508 e. The molecule has 4 aromatic carbocycles. The predicted octanol–water partition coefficient (Wildman–Crippen LogP) is 14.5. The number of halogens is 1. The van der Waals surface area contributed by atoms with Crippen LogP contribution in [0.1, 0.15) is 108 Å². The number of aromatic hydroxyl groups is 1. The van der Waals surface area contributed by atoms with Gasteiger partial charge in [-0.3, -0.25) is 0 Å². The molecule has 4 aromatic rings. The van der Waals surface area contributed by atoms with Gasteiger partial charge >= 0.3 is 17.7 Å². The molecule has 3 fully saturated rings. The molecule has 2 aliphatic heterocycles. The topological polar surface area (TPSA) is 143 Å². The third-order valence-corrected chi connectivity index (χ3v) is 12.4. The van der Waals surface area contributed by atoms with Gasteiger partial charge in [-0.25, -0.2) is 14.4 Å². The van der Waals surface area contributed by atoms with E-state index in [-0.39, 0.29) is 11.7 Å². The summed E-state index contributed by atoms with van der Waals surface area (Å²) in [5.41, 5.74) is 3.62. The number of rotatable bonds is 11. The molecule has 356 valence electrons. The van der Waals surface area contributed by atoms with Crippen molar-refractivity contribution in [3.63, 3.8) is 0 Å². The van der Waals surface area contributed by atoms with Gasteiger partial charge in [-0.1, -0.05) is 98.1 Å². The molecule has 0 aromatic heterocycles. The monoisotopic (exact) mass is 934 g/mol. The van der Waals surface area contributed by atoms with Crippen LogP contribution in [0.3, 0.4) is 0 Å². The van der Waals surface area contributed by atoms with Crippen LogP contribution >= 0.6 is 11.6 Å². The molecule has 4 aliphatic rings. The van der Waals surface area contributed by atoms with E-state index in [0.29, 0.717) is 40.9 Å². The van der Waals surface area contributed by atoms with Gasteiger partial charge in [-0.05, 0) is 151 Å². The molecule has 67 heavy (non-hydrogen) atoms. The maximum Gasteiger partial charge on any atom is 0.514 e. The van der Waals surface area contributed by atoms with Crippen molar-refractivity contribution < 1.29 is 52.6 Å². The van der Waals surface area contributed by atoms with E-state index >= 15 is 0 Å². The summed E-state index contributed by atoms with van der Waals surface area (Å²) >= 11 is 5.00. The highest BCUT2D eigenvalue weighted by Crippen LogP contribution is 2.52. The Labute approximate surface area is 400 Å². The number of epoxide rings is 2. The van der Waals surface area contributed by atoms with E-state index in [0.717, 1.165) is 67.4 Å². The zero-order chi connectivity index (χ0) is 48.8. The first kappa shape index (κ1) is 51.8. The maximum atomic E-state index is 12.2. The molecule has 0 amide bonds. The summed E-state index contributed by atoms with van der Waals surface area (Å²) in [6.07, 6.45) is 12.6. The summed E-state index contributed by atoms with van der Waals surface area (Å²) in [7, 11) is 0. The van der Waals surface area contributed by atoms with Crippen molar-refractivity contribution in [3.8, 4) is 23.0 Å². The second kappa shape index (κ2) is 23.5. The summed E-state index contributed by atoms with van der Waals surface area (Å²) in [5.74, 6) is 2.31. The number of hydrogen-bond acceptors (Lipinski definition) is 11. The first-order valence-corrected chi connectivity index (χ1v) is 22.8. The van der Waals surface area contributed by atoms with Gasteiger partial charge < -0.3 is 38.3 Å². The van der Waals surface area contributed by atoms with Crippen LogP contribution in [-0.4, -0.2) is 52.4 Å². The molecule has 0 bridgehead atoms. The van der Waals surface area contributed by atoms with Gasteiger partial charge in [-0.15, -0.1) is 0 Å². The van der Waals surface area contributed by atoms with Gasteiger partial charge in [0.15, 0.2) is 0 Å². The quantitative estimate of drug-likeness (QED) is 0.0505. The molecule has 5 unspecified atom stereocenters. The Morgan fingerprint density at radius 3 is 1.57 bits per heavy atom. The Morgan fingerprint density at radius 1 is 0.701 bits per heavy atom. The van der Waals surface area contributed by atoms with E-state index < -0.39 is 28.9 Å². The number of phenols is 1. The second-order valence-electron chi connectivity index (χ2n) is 18.1. The zero-order valence-corrected chi connectivity index (χ0v) is 40.1. The Bertz CT molecular complexity index is 2330. The van der Waals surface area contributed by atoms with Crippen molar-refractivity contribution in [2.24, 2.45) is 11.8 Å². The highest BCUT2D eigenvalue weighted by molar-refractivity contribution is 6.61. The normalized spacial score (nSPS) is 21.1. The van der Waals surface area contributed by atoms with Crippen LogP contribution in [0, 0.1) is 11.8 Å². The van der Waals surface area contributed by atoms with Crippen LogP contribution in [0.25, 0.3) is 18.2 Å². The lowest BCUT2D eigenvalue weighted by molar-refractivity contribution is -0.0378. The lowest BCUT2D eigenvalue weighted by atomic mass is 9.75. The lowest BCUT2D eigenvalue weighted by Gasteiger charge is -2.35. The van der Waals surface area contributed by atoms with Crippen molar-refractivity contribution in [1.82, 2.24) is 0 Å². The van der Waals surface area contributed by atoms with E-state index in [1.54, 1.807) is 78.9 Å². The number of carbonyl (C=O) groups excluding carboxylic acids is 3. The minimum absolute atomic E-state index is 0.0696. The third-order valence-electron chi connectivity index (χ3n) is 12.4. The van der Waals surface area contributed by atoms with Gasteiger partial charge in [0.25, 0.3) is 0 Å². The van der Waals surface area contributed by atoms with Crippen molar-refractivity contribution >= 4 is 47.6 Å². The van der Waals surface area contributed by atoms with Crippen LogP contribution in [0.15, 0.2) is 128 Å². The molecule has 11 nitrogen and oxygen atoms in total. The number of carbonyl (C=O) groups is 3. The Balaban J connectivity index is 0.000000179. The Morgan fingerprint density at radius 2 is 1.15 bits per heavy atom. The average molecular weight is 936 g/mol. The van der Waals surface area contributed by atoms with E-state index in [9.17, 15) is 14.4 Å². The lowest BCUT2D eigenvalue weighted by Crippen LogP contribution is -2.41. The molecule has 2 saturated heterocycles.